The average Bonchev–Trinajstić information content (AvgIpc) is 2.67. The van der Waals surface area contributed by atoms with E-state index in [1.165, 1.54) is 5.56 Å². The van der Waals surface area contributed by atoms with Gasteiger partial charge in [-0.25, -0.2) is 0 Å². The maximum absolute atomic E-state index is 5.90. The Morgan fingerprint density at radius 1 is 0.962 bits per heavy atom. The van der Waals surface area contributed by atoms with Crippen molar-refractivity contribution < 1.29 is 9.47 Å². The summed E-state index contributed by atoms with van der Waals surface area (Å²) in [5, 5.41) is 0. The number of nitrogens with zero attached hydrogens (tertiary/aromatic N) is 1. The molecule has 0 saturated carbocycles. The molecular weight excluding hydrogens is 390 g/mol. The Morgan fingerprint density at radius 3 is 2.35 bits per heavy atom. The summed E-state index contributed by atoms with van der Waals surface area (Å²) < 4.78 is 12.0. The molecule has 3 rings (SSSR count). The van der Waals surface area contributed by atoms with Gasteiger partial charge in [0.1, 0.15) is 18.1 Å². The Labute approximate surface area is 162 Å². The summed E-state index contributed by atoms with van der Waals surface area (Å²) in [7, 11) is 1.65. The molecule has 3 aromatic rings. The van der Waals surface area contributed by atoms with Crippen molar-refractivity contribution >= 4 is 27.8 Å². The molecule has 0 saturated heterocycles. The third-order valence-electron chi connectivity index (χ3n) is 3.91. The first-order valence-electron chi connectivity index (χ1n) is 8.30. The van der Waals surface area contributed by atoms with Gasteiger partial charge >= 0.3 is 0 Å². The molecule has 4 heteroatoms. The van der Waals surface area contributed by atoms with Crippen LogP contribution in [0.5, 0.6) is 11.5 Å². The molecule has 0 spiro atoms. The van der Waals surface area contributed by atoms with Gasteiger partial charge in [-0.3, -0.25) is 4.99 Å². The minimum absolute atomic E-state index is 0.540. The lowest BCUT2D eigenvalue weighted by Gasteiger charge is -2.09. The number of aliphatic imine (C=N–C) groups is 1. The number of aryl methyl sites for hydroxylation is 1. The van der Waals surface area contributed by atoms with Crippen LogP contribution in [0.3, 0.4) is 0 Å². The van der Waals surface area contributed by atoms with Crippen molar-refractivity contribution in [3.63, 3.8) is 0 Å². The van der Waals surface area contributed by atoms with Crippen LogP contribution in [0.4, 0.5) is 5.69 Å². The minimum Gasteiger partial charge on any atom is -0.497 e. The molecule has 132 valence electrons. The molecule has 0 atom stereocenters. The monoisotopic (exact) mass is 409 g/mol. The van der Waals surface area contributed by atoms with E-state index in [-0.39, 0.29) is 0 Å². The van der Waals surface area contributed by atoms with Crippen molar-refractivity contribution in [2.75, 3.05) is 7.11 Å². The lowest BCUT2D eigenvalue weighted by molar-refractivity contribution is 0.304. The topological polar surface area (TPSA) is 30.8 Å². The lowest BCUT2D eigenvalue weighted by Crippen LogP contribution is -1.96. The zero-order valence-corrected chi connectivity index (χ0v) is 16.4. The second-order valence-electron chi connectivity index (χ2n) is 5.92. The van der Waals surface area contributed by atoms with E-state index in [0.29, 0.717) is 6.61 Å². The van der Waals surface area contributed by atoms with E-state index in [1.54, 1.807) is 7.11 Å². The largest absolute Gasteiger partial charge is 0.497 e. The summed E-state index contributed by atoms with van der Waals surface area (Å²) in [6, 6.07) is 21.9. The second-order valence-corrected chi connectivity index (χ2v) is 6.77. The maximum Gasteiger partial charge on any atom is 0.134 e. The molecule has 0 fully saturated rings. The van der Waals surface area contributed by atoms with Gasteiger partial charge in [-0.15, -0.1) is 0 Å². The Kier molecular flexibility index (Phi) is 6.08. The first-order chi connectivity index (χ1) is 12.6. The maximum atomic E-state index is 5.90. The third kappa shape index (κ3) is 4.96. The Hall–Kier alpha value is -2.59. The van der Waals surface area contributed by atoms with Gasteiger partial charge in [-0.1, -0.05) is 29.8 Å². The first kappa shape index (κ1) is 18.2. The van der Waals surface area contributed by atoms with Crippen LogP contribution in [0.15, 0.2) is 76.2 Å². The zero-order valence-electron chi connectivity index (χ0n) is 14.8. The van der Waals surface area contributed by atoms with Gasteiger partial charge in [0, 0.05) is 6.21 Å². The van der Waals surface area contributed by atoms with E-state index in [9.17, 15) is 0 Å². The molecule has 0 radical (unpaired) electrons. The van der Waals surface area contributed by atoms with E-state index >= 15 is 0 Å². The highest BCUT2D eigenvalue weighted by atomic mass is 79.9. The Balaban J connectivity index is 1.64. The van der Waals surface area contributed by atoms with Crippen LogP contribution in [0.25, 0.3) is 0 Å². The van der Waals surface area contributed by atoms with E-state index in [0.717, 1.165) is 32.8 Å². The summed E-state index contributed by atoms with van der Waals surface area (Å²) in [5.74, 6) is 1.63. The molecule has 0 bridgehead atoms. The molecule has 3 aromatic carbocycles. The SMILES string of the molecule is COc1ccc(N=Cc2ccc(OCc3ccc(C)cc3)c(Br)c2)cc1. The molecule has 0 amide bonds. The predicted molar refractivity (Wildman–Crippen MR) is 110 cm³/mol. The molecular formula is C22H20BrNO2. The van der Waals surface area contributed by atoms with Crippen LogP contribution in [-0.2, 0) is 6.61 Å². The molecule has 26 heavy (non-hydrogen) atoms. The molecule has 0 N–H and O–H groups in total. The lowest BCUT2D eigenvalue weighted by atomic mass is 10.2. The van der Waals surface area contributed by atoms with E-state index in [2.05, 4.69) is 52.1 Å². The van der Waals surface area contributed by atoms with Crippen molar-refractivity contribution in [1.29, 1.82) is 0 Å². The fraction of sp³-hybridized carbons (Fsp3) is 0.136. The molecule has 0 aromatic heterocycles. The fourth-order valence-electron chi connectivity index (χ4n) is 2.38. The number of ether oxygens (including phenoxy) is 2. The molecule has 3 nitrogen and oxygen atoms in total. The van der Waals surface area contributed by atoms with E-state index in [4.69, 9.17) is 9.47 Å². The first-order valence-corrected chi connectivity index (χ1v) is 9.09. The highest BCUT2D eigenvalue weighted by molar-refractivity contribution is 9.10. The van der Waals surface area contributed by atoms with Crippen LogP contribution in [0.2, 0.25) is 0 Å². The van der Waals surface area contributed by atoms with Crippen LogP contribution in [-0.4, -0.2) is 13.3 Å². The highest BCUT2D eigenvalue weighted by Gasteiger charge is 2.03. The highest BCUT2D eigenvalue weighted by Crippen LogP contribution is 2.27. The number of hydrogen-bond acceptors (Lipinski definition) is 3. The molecule has 0 aliphatic carbocycles. The minimum atomic E-state index is 0.540. The normalized spacial score (nSPS) is 10.9. The van der Waals surface area contributed by atoms with Crippen LogP contribution >= 0.6 is 15.9 Å². The van der Waals surface area contributed by atoms with Crippen molar-refractivity contribution in [1.82, 2.24) is 0 Å². The number of benzene rings is 3. The van der Waals surface area contributed by atoms with Crippen molar-refractivity contribution in [3.8, 4) is 11.5 Å². The third-order valence-corrected chi connectivity index (χ3v) is 4.53. The Bertz CT molecular complexity index is 887. The second kappa shape index (κ2) is 8.68. The standard InChI is InChI=1S/C22H20BrNO2/c1-16-3-5-17(6-4-16)15-26-22-12-7-18(13-21(22)23)14-24-19-8-10-20(25-2)11-9-19/h3-14H,15H2,1-2H3. The smallest absolute Gasteiger partial charge is 0.134 e. The number of halogens is 1. The van der Waals surface area contributed by atoms with Gasteiger partial charge in [0.25, 0.3) is 0 Å². The summed E-state index contributed by atoms with van der Waals surface area (Å²) in [4.78, 5) is 4.48. The molecule has 0 aliphatic heterocycles. The number of methoxy groups -OCH3 is 1. The summed E-state index contributed by atoms with van der Waals surface area (Å²) in [5.41, 5.74) is 4.26. The molecule has 0 heterocycles. The summed E-state index contributed by atoms with van der Waals surface area (Å²) in [6.45, 7) is 2.62. The van der Waals surface area contributed by atoms with Gasteiger partial charge in [0.05, 0.1) is 17.3 Å². The average molecular weight is 410 g/mol. The summed E-state index contributed by atoms with van der Waals surface area (Å²) >= 11 is 3.57. The van der Waals surface area contributed by atoms with Gasteiger partial charge in [0.2, 0.25) is 0 Å². The quantitative estimate of drug-likeness (QED) is 0.460. The Morgan fingerprint density at radius 2 is 1.69 bits per heavy atom. The molecule has 0 aliphatic rings. The number of hydrogen-bond donors (Lipinski definition) is 0. The van der Waals surface area contributed by atoms with Crippen molar-refractivity contribution in [2.45, 2.75) is 13.5 Å². The summed E-state index contributed by atoms with van der Waals surface area (Å²) in [6.07, 6.45) is 1.83. The van der Waals surface area contributed by atoms with Gasteiger partial charge in [0.15, 0.2) is 0 Å². The van der Waals surface area contributed by atoms with Gasteiger partial charge in [-0.2, -0.15) is 0 Å². The van der Waals surface area contributed by atoms with Crippen LogP contribution in [0, 0.1) is 6.92 Å². The fourth-order valence-corrected chi connectivity index (χ4v) is 2.89. The van der Waals surface area contributed by atoms with Crippen LogP contribution in [0.1, 0.15) is 16.7 Å². The van der Waals surface area contributed by atoms with E-state index in [1.807, 2.05) is 48.7 Å². The predicted octanol–water partition coefficient (Wildman–Crippen LogP) is 6.10. The van der Waals surface area contributed by atoms with Gasteiger partial charge < -0.3 is 9.47 Å². The van der Waals surface area contributed by atoms with E-state index < -0.39 is 0 Å². The van der Waals surface area contributed by atoms with Crippen molar-refractivity contribution in [2.24, 2.45) is 4.99 Å². The number of rotatable bonds is 6. The zero-order chi connectivity index (χ0) is 18.4. The van der Waals surface area contributed by atoms with Crippen LogP contribution < -0.4 is 9.47 Å². The van der Waals surface area contributed by atoms with Crippen molar-refractivity contribution in [3.05, 3.63) is 87.9 Å². The van der Waals surface area contributed by atoms with Gasteiger partial charge in [-0.05, 0) is 76.4 Å². The molecule has 0 unspecified atom stereocenters.